The van der Waals surface area contributed by atoms with E-state index in [1.54, 1.807) is 6.92 Å². The van der Waals surface area contributed by atoms with E-state index in [2.05, 4.69) is 11.8 Å². The number of piperidine rings is 1. The molecule has 2 atom stereocenters. The molecule has 1 heterocycles. The Bertz CT molecular complexity index is 273. The lowest BCUT2D eigenvalue weighted by Gasteiger charge is -2.37. The zero-order valence-corrected chi connectivity index (χ0v) is 11.7. The van der Waals surface area contributed by atoms with Crippen LogP contribution >= 0.6 is 0 Å². The second kappa shape index (κ2) is 6.50. The molecule has 0 aromatic carbocycles. The molecule has 0 spiro atoms. The van der Waals surface area contributed by atoms with Crippen molar-refractivity contribution in [2.75, 3.05) is 19.7 Å². The van der Waals surface area contributed by atoms with Crippen LogP contribution in [0, 0.1) is 0 Å². The summed E-state index contributed by atoms with van der Waals surface area (Å²) in [4.78, 5) is 13.3. The highest BCUT2D eigenvalue weighted by Gasteiger charge is 2.33. The Morgan fingerprint density at radius 2 is 2.11 bits per heavy atom. The number of likely N-dealkylation sites (tertiary alicyclic amines) is 1. The number of carboxylic acid groups (broad SMARTS) is 1. The molecule has 1 aliphatic rings. The van der Waals surface area contributed by atoms with Crippen LogP contribution in [0.3, 0.4) is 0 Å². The molecule has 1 saturated heterocycles. The normalized spacial score (nSPS) is 23.6. The first-order chi connectivity index (χ1) is 8.36. The van der Waals surface area contributed by atoms with Crippen molar-refractivity contribution in [2.24, 2.45) is 5.73 Å². The van der Waals surface area contributed by atoms with Gasteiger partial charge in [-0.1, -0.05) is 0 Å². The lowest BCUT2D eigenvalue weighted by molar-refractivity contribution is -0.143. The molecule has 0 aromatic heterocycles. The summed E-state index contributed by atoms with van der Waals surface area (Å²) < 4.78 is 5.60. The molecular formula is C13H26N2O3. The van der Waals surface area contributed by atoms with Crippen molar-refractivity contribution in [3.8, 4) is 0 Å². The number of ether oxygens (including phenoxy) is 1. The van der Waals surface area contributed by atoms with Gasteiger partial charge in [-0.2, -0.15) is 0 Å². The minimum atomic E-state index is -1.14. The summed E-state index contributed by atoms with van der Waals surface area (Å²) in [6, 6.07) is 0.193. The van der Waals surface area contributed by atoms with Gasteiger partial charge in [-0.25, -0.2) is 0 Å². The van der Waals surface area contributed by atoms with Crippen LogP contribution in [0.25, 0.3) is 0 Å². The first kappa shape index (κ1) is 15.4. The maximum Gasteiger partial charge on any atom is 0.323 e. The standard InChI is InChI=1S/C13H26N2O3/c1-4-18-11-5-7-15(8-6-11)10(2)9-13(3,14)12(16)17/h10-11H,4-9,14H2,1-3H3,(H,16,17). The maximum atomic E-state index is 11.0. The molecule has 1 aliphatic heterocycles. The Morgan fingerprint density at radius 1 is 1.56 bits per heavy atom. The molecule has 1 fully saturated rings. The van der Waals surface area contributed by atoms with Gasteiger partial charge in [0.05, 0.1) is 6.10 Å². The monoisotopic (exact) mass is 258 g/mol. The van der Waals surface area contributed by atoms with Crippen LogP contribution in [0.4, 0.5) is 0 Å². The third-order valence-corrected chi connectivity index (χ3v) is 3.71. The summed E-state index contributed by atoms with van der Waals surface area (Å²) in [5, 5.41) is 9.04. The Labute approximate surface area is 109 Å². The molecule has 2 unspecified atom stereocenters. The molecule has 5 nitrogen and oxygen atoms in total. The van der Waals surface area contributed by atoms with Gasteiger partial charge in [-0.05, 0) is 40.0 Å². The van der Waals surface area contributed by atoms with E-state index in [4.69, 9.17) is 15.6 Å². The molecule has 0 aliphatic carbocycles. The van der Waals surface area contributed by atoms with Crippen LogP contribution in [-0.2, 0) is 9.53 Å². The van der Waals surface area contributed by atoms with Crippen molar-refractivity contribution in [3.63, 3.8) is 0 Å². The third kappa shape index (κ3) is 4.23. The van der Waals surface area contributed by atoms with E-state index in [0.29, 0.717) is 12.5 Å². The van der Waals surface area contributed by atoms with Crippen molar-refractivity contribution >= 4 is 5.97 Å². The topological polar surface area (TPSA) is 75.8 Å². The van der Waals surface area contributed by atoms with E-state index in [1.807, 2.05) is 6.92 Å². The predicted molar refractivity (Wildman–Crippen MR) is 70.5 cm³/mol. The van der Waals surface area contributed by atoms with E-state index < -0.39 is 11.5 Å². The van der Waals surface area contributed by atoms with Crippen LogP contribution in [0.2, 0.25) is 0 Å². The van der Waals surface area contributed by atoms with Crippen LogP contribution in [0.5, 0.6) is 0 Å². The van der Waals surface area contributed by atoms with Crippen molar-refractivity contribution < 1.29 is 14.6 Å². The molecule has 0 amide bonds. The quantitative estimate of drug-likeness (QED) is 0.745. The van der Waals surface area contributed by atoms with Gasteiger partial charge in [-0.3, -0.25) is 4.79 Å². The van der Waals surface area contributed by atoms with Gasteiger partial charge in [0.1, 0.15) is 5.54 Å². The van der Waals surface area contributed by atoms with Crippen LogP contribution in [-0.4, -0.2) is 53.4 Å². The fraction of sp³-hybridized carbons (Fsp3) is 0.923. The maximum absolute atomic E-state index is 11.0. The Kier molecular flexibility index (Phi) is 5.56. The molecule has 1 rings (SSSR count). The molecule has 5 heteroatoms. The second-order valence-corrected chi connectivity index (χ2v) is 5.47. The summed E-state index contributed by atoms with van der Waals surface area (Å²) in [6.07, 6.45) is 2.88. The third-order valence-electron chi connectivity index (χ3n) is 3.71. The molecule has 0 aromatic rings. The van der Waals surface area contributed by atoms with Gasteiger partial charge in [0.15, 0.2) is 0 Å². The largest absolute Gasteiger partial charge is 0.480 e. The average Bonchev–Trinajstić information content (AvgIpc) is 2.29. The summed E-state index contributed by atoms with van der Waals surface area (Å²) in [6.45, 7) is 8.33. The number of carboxylic acids is 1. The molecule has 0 radical (unpaired) electrons. The summed E-state index contributed by atoms with van der Waals surface area (Å²) in [7, 11) is 0. The molecule has 0 bridgehead atoms. The fourth-order valence-corrected chi connectivity index (χ4v) is 2.55. The lowest BCUT2D eigenvalue weighted by atomic mass is 9.93. The Morgan fingerprint density at radius 3 is 2.56 bits per heavy atom. The van der Waals surface area contributed by atoms with Crippen molar-refractivity contribution in [3.05, 3.63) is 0 Å². The van der Waals surface area contributed by atoms with Crippen LogP contribution < -0.4 is 5.73 Å². The molecule has 0 saturated carbocycles. The smallest absolute Gasteiger partial charge is 0.323 e. The van der Waals surface area contributed by atoms with Gasteiger partial charge in [-0.15, -0.1) is 0 Å². The number of hydrogen-bond donors (Lipinski definition) is 2. The SMILES string of the molecule is CCOC1CCN(C(C)CC(C)(N)C(=O)O)CC1. The zero-order valence-electron chi connectivity index (χ0n) is 11.7. The minimum absolute atomic E-state index is 0.193. The first-order valence-corrected chi connectivity index (χ1v) is 6.74. The number of aliphatic carboxylic acids is 1. The second-order valence-electron chi connectivity index (χ2n) is 5.47. The van der Waals surface area contributed by atoms with Crippen molar-refractivity contribution in [2.45, 2.75) is 57.7 Å². The predicted octanol–water partition coefficient (Wildman–Crippen LogP) is 1.07. The van der Waals surface area contributed by atoms with E-state index in [9.17, 15) is 4.79 Å². The summed E-state index contributed by atoms with van der Waals surface area (Å²) in [5.41, 5.74) is 4.65. The fourth-order valence-electron chi connectivity index (χ4n) is 2.55. The highest BCUT2D eigenvalue weighted by Crippen LogP contribution is 2.20. The number of hydrogen-bond acceptors (Lipinski definition) is 4. The highest BCUT2D eigenvalue weighted by molar-refractivity contribution is 5.77. The van der Waals surface area contributed by atoms with Gasteiger partial charge < -0.3 is 20.5 Å². The van der Waals surface area contributed by atoms with E-state index in [0.717, 1.165) is 32.5 Å². The number of carbonyl (C=O) groups is 1. The van der Waals surface area contributed by atoms with Crippen molar-refractivity contribution in [1.29, 1.82) is 0 Å². The molecule has 18 heavy (non-hydrogen) atoms. The van der Waals surface area contributed by atoms with E-state index in [-0.39, 0.29) is 6.04 Å². The minimum Gasteiger partial charge on any atom is -0.480 e. The number of nitrogens with zero attached hydrogens (tertiary/aromatic N) is 1. The molecule has 3 N–H and O–H groups in total. The Hall–Kier alpha value is -0.650. The Balaban J connectivity index is 2.40. The van der Waals surface area contributed by atoms with Gasteiger partial charge in [0.25, 0.3) is 0 Å². The van der Waals surface area contributed by atoms with Gasteiger partial charge >= 0.3 is 5.97 Å². The van der Waals surface area contributed by atoms with Crippen LogP contribution in [0.15, 0.2) is 0 Å². The lowest BCUT2D eigenvalue weighted by Crippen LogP contribution is -2.51. The van der Waals surface area contributed by atoms with E-state index >= 15 is 0 Å². The summed E-state index contributed by atoms with van der Waals surface area (Å²) >= 11 is 0. The highest BCUT2D eigenvalue weighted by atomic mass is 16.5. The van der Waals surface area contributed by atoms with Gasteiger partial charge in [0.2, 0.25) is 0 Å². The molecule has 106 valence electrons. The van der Waals surface area contributed by atoms with E-state index in [1.165, 1.54) is 0 Å². The van der Waals surface area contributed by atoms with Crippen LogP contribution in [0.1, 0.15) is 40.0 Å². The number of nitrogens with two attached hydrogens (primary N) is 1. The number of rotatable bonds is 6. The average molecular weight is 258 g/mol. The molecular weight excluding hydrogens is 232 g/mol. The van der Waals surface area contributed by atoms with Crippen molar-refractivity contribution in [1.82, 2.24) is 4.90 Å². The van der Waals surface area contributed by atoms with Gasteiger partial charge in [0, 0.05) is 25.7 Å². The zero-order chi connectivity index (χ0) is 13.8. The summed E-state index contributed by atoms with van der Waals surface area (Å²) in [5.74, 6) is -0.932. The first-order valence-electron chi connectivity index (χ1n) is 6.74.